The summed E-state index contributed by atoms with van der Waals surface area (Å²) >= 11 is 0. The molecule has 0 aliphatic heterocycles. The SMILES string of the molecule is O=C1C(=O)c2ncccc2C(O)=C1Nc1ccc(CO)cc1. The van der Waals surface area contributed by atoms with E-state index >= 15 is 0 Å². The minimum Gasteiger partial charge on any atom is -0.505 e. The van der Waals surface area contributed by atoms with E-state index in [1.165, 1.54) is 12.3 Å². The fourth-order valence-corrected chi connectivity index (χ4v) is 2.19. The number of aliphatic hydroxyl groups is 2. The second-order valence-electron chi connectivity index (χ2n) is 4.76. The fourth-order valence-electron chi connectivity index (χ4n) is 2.19. The molecule has 0 unspecified atom stereocenters. The van der Waals surface area contributed by atoms with E-state index in [-0.39, 0.29) is 29.3 Å². The molecule has 0 bridgehead atoms. The van der Waals surface area contributed by atoms with E-state index in [0.717, 1.165) is 0 Å². The van der Waals surface area contributed by atoms with E-state index < -0.39 is 11.6 Å². The number of Topliss-reactive ketones (excluding diaryl/α,β-unsaturated/α-hetero) is 2. The van der Waals surface area contributed by atoms with Crippen LogP contribution in [0.4, 0.5) is 5.69 Å². The van der Waals surface area contributed by atoms with Crippen molar-refractivity contribution in [3.8, 4) is 0 Å². The number of allylic oxidation sites excluding steroid dienone is 1. The van der Waals surface area contributed by atoms with Crippen LogP contribution < -0.4 is 5.32 Å². The minimum atomic E-state index is -0.838. The second-order valence-corrected chi connectivity index (χ2v) is 4.76. The first-order valence-corrected chi connectivity index (χ1v) is 6.56. The Bertz CT molecular complexity index is 794. The highest BCUT2D eigenvalue weighted by atomic mass is 16.3. The van der Waals surface area contributed by atoms with Crippen LogP contribution >= 0.6 is 0 Å². The van der Waals surface area contributed by atoms with E-state index in [0.29, 0.717) is 11.3 Å². The van der Waals surface area contributed by atoms with E-state index in [1.807, 2.05) is 0 Å². The van der Waals surface area contributed by atoms with Crippen molar-refractivity contribution in [2.75, 3.05) is 5.32 Å². The normalized spacial score (nSPS) is 14.0. The van der Waals surface area contributed by atoms with Crippen molar-refractivity contribution in [3.05, 3.63) is 65.1 Å². The number of hydrogen-bond acceptors (Lipinski definition) is 6. The number of benzene rings is 1. The Kier molecular flexibility index (Phi) is 3.44. The molecule has 0 saturated heterocycles. The number of anilines is 1. The molecule has 1 aliphatic carbocycles. The summed E-state index contributed by atoms with van der Waals surface area (Å²) in [5.41, 5.74) is 1.23. The molecule has 3 rings (SSSR count). The van der Waals surface area contributed by atoms with Crippen LogP contribution in [0, 0.1) is 0 Å². The van der Waals surface area contributed by atoms with Crippen LogP contribution in [0.15, 0.2) is 48.3 Å². The maximum atomic E-state index is 12.1. The first-order valence-electron chi connectivity index (χ1n) is 6.56. The molecular formula is C16H12N2O4. The molecule has 6 nitrogen and oxygen atoms in total. The lowest BCUT2D eigenvalue weighted by Crippen LogP contribution is -2.28. The van der Waals surface area contributed by atoms with Crippen LogP contribution in [0.25, 0.3) is 5.76 Å². The summed E-state index contributed by atoms with van der Waals surface area (Å²) in [6.45, 7) is -0.0926. The zero-order valence-electron chi connectivity index (χ0n) is 11.4. The van der Waals surface area contributed by atoms with Crippen molar-refractivity contribution in [2.24, 2.45) is 0 Å². The Morgan fingerprint density at radius 2 is 1.77 bits per heavy atom. The van der Waals surface area contributed by atoms with Crippen LogP contribution in [-0.4, -0.2) is 26.8 Å². The number of aromatic nitrogens is 1. The fraction of sp³-hybridized carbons (Fsp3) is 0.0625. The molecule has 1 aromatic carbocycles. The first kappa shape index (κ1) is 14.0. The van der Waals surface area contributed by atoms with E-state index in [9.17, 15) is 14.7 Å². The van der Waals surface area contributed by atoms with Gasteiger partial charge in [-0.1, -0.05) is 12.1 Å². The molecule has 2 aromatic rings. The minimum absolute atomic E-state index is 0.0498. The molecule has 110 valence electrons. The third kappa shape index (κ3) is 2.25. The Hall–Kier alpha value is -2.99. The summed E-state index contributed by atoms with van der Waals surface area (Å²) in [5.74, 6) is -1.91. The Morgan fingerprint density at radius 3 is 2.45 bits per heavy atom. The number of nitrogens with zero attached hydrogens (tertiary/aromatic N) is 1. The Labute approximate surface area is 125 Å². The first-order chi connectivity index (χ1) is 10.6. The topological polar surface area (TPSA) is 99.5 Å². The van der Waals surface area contributed by atoms with Crippen molar-refractivity contribution < 1.29 is 19.8 Å². The van der Waals surface area contributed by atoms with Gasteiger partial charge in [0.1, 0.15) is 11.4 Å². The van der Waals surface area contributed by atoms with Crippen molar-refractivity contribution in [2.45, 2.75) is 6.61 Å². The quantitative estimate of drug-likeness (QED) is 0.745. The van der Waals surface area contributed by atoms with Crippen LogP contribution in [0.3, 0.4) is 0 Å². The monoisotopic (exact) mass is 296 g/mol. The summed E-state index contributed by atoms with van der Waals surface area (Å²) in [6.07, 6.45) is 1.39. The standard InChI is InChI=1S/C16H12N2O4/c19-8-9-3-5-10(6-4-9)18-13-14(20)11-2-1-7-17-12(11)15(21)16(13)22/h1-7,18-20H,8H2. The molecule has 1 heterocycles. The number of ketones is 2. The summed E-state index contributed by atoms with van der Waals surface area (Å²) in [4.78, 5) is 28.0. The second kappa shape index (κ2) is 5.42. The number of fused-ring (bicyclic) bond motifs is 1. The Balaban J connectivity index is 2.01. The number of nitrogens with one attached hydrogen (secondary N) is 1. The largest absolute Gasteiger partial charge is 0.505 e. The lowest BCUT2D eigenvalue weighted by atomic mass is 9.96. The van der Waals surface area contributed by atoms with Crippen LogP contribution in [0.5, 0.6) is 0 Å². The molecule has 0 spiro atoms. The van der Waals surface area contributed by atoms with Crippen molar-refractivity contribution in [1.82, 2.24) is 4.98 Å². The van der Waals surface area contributed by atoms with E-state index in [1.54, 1.807) is 30.3 Å². The van der Waals surface area contributed by atoms with E-state index in [4.69, 9.17) is 5.11 Å². The van der Waals surface area contributed by atoms with Crippen molar-refractivity contribution in [1.29, 1.82) is 0 Å². The molecule has 0 fully saturated rings. The molecule has 6 heteroatoms. The van der Waals surface area contributed by atoms with Gasteiger partial charge in [-0.15, -0.1) is 0 Å². The molecule has 0 saturated carbocycles. The summed E-state index contributed by atoms with van der Waals surface area (Å²) in [7, 11) is 0. The summed E-state index contributed by atoms with van der Waals surface area (Å²) in [5, 5.41) is 22.0. The third-order valence-electron chi connectivity index (χ3n) is 3.35. The highest BCUT2D eigenvalue weighted by Gasteiger charge is 2.34. The molecule has 0 atom stereocenters. The maximum Gasteiger partial charge on any atom is 0.255 e. The van der Waals surface area contributed by atoms with Gasteiger partial charge in [0.15, 0.2) is 5.76 Å². The van der Waals surface area contributed by atoms with Gasteiger partial charge in [0.05, 0.1) is 6.61 Å². The van der Waals surface area contributed by atoms with Crippen LogP contribution in [0.1, 0.15) is 21.6 Å². The highest BCUT2D eigenvalue weighted by Crippen LogP contribution is 2.27. The number of rotatable bonds is 3. The lowest BCUT2D eigenvalue weighted by molar-refractivity contribution is -0.111. The van der Waals surface area contributed by atoms with Crippen molar-refractivity contribution >= 4 is 23.0 Å². The zero-order chi connectivity index (χ0) is 15.7. The molecule has 0 radical (unpaired) electrons. The summed E-state index contributed by atoms with van der Waals surface area (Å²) < 4.78 is 0. The average Bonchev–Trinajstić information content (AvgIpc) is 2.57. The lowest BCUT2D eigenvalue weighted by Gasteiger charge is -2.18. The van der Waals surface area contributed by atoms with Crippen LogP contribution in [-0.2, 0) is 11.4 Å². The Morgan fingerprint density at radius 1 is 1.05 bits per heavy atom. The predicted octanol–water partition coefficient (Wildman–Crippen LogP) is 1.68. The van der Waals surface area contributed by atoms with Gasteiger partial charge in [-0.3, -0.25) is 14.6 Å². The summed E-state index contributed by atoms with van der Waals surface area (Å²) in [6, 6.07) is 9.73. The number of carbonyl (C=O) groups excluding carboxylic acids is 2. The number of hydrogen-bond donors (Lipinski definition) is 3. The smallest absolute Gasteiger partial charge is 0.255 e. The molecular weight excluding hydrogens is 284 g/mol. The zero-order valence-corrected chi connectivity index (χ0v) is 11.4. The average molecular weight is 296 g/mol. The van der Waals surface area contributed by atoms with Gasteiger partial charge in [-0.25, -0.2) is 0 Å². The van der Waals surface area contributed by atoms with Gasteiger partial charge < -0.3 is 15.5 Å². The van der Waals surface area contributed by atoms with Gasteiger partial charge in [0, 0.05) is 17.4 Å². The molecule has 1 aliphatic rings. The molecule has 22 heavy (non-hydrogen) atoms. The van der Waals surface area contributed by atoms with Crippen molar-refractivity contribution in [3.63, 3.8) is 0 Å². The maximum absolute atomic E-state index is 12.1. The molecule has 3 N–H and O–H groups in total. The van der Waals surface area contributed by atoms with Gasteiger partial charge >= 0.3 is 0 Å². The number of carbonyl (C=O) groups is 2. The highest BCUT2D eigenvalue weighted by molar-refractivity contribution is 6.52. The molecule has 1 aromatic heterocycles. The van der Waals surface area contributed by atoms with Gasteiger partial charge in [-0.2, -0.15) is 0 Å². The number of pyridine rings is 1. The number of aliphatic hydroxyl groups excluding tert-OH is 2. The van der Waals surface area contributed by atoms with Gasteiger partial charge in [0.25, 0.3) is 11.6 Å². The van der Waals surface area contributed by atoms with E-state index in [2.05, 4.69) is 10.3 Å². The predicted molar refractivity (Wildman–Crippen MR) is 79.1 cm³/mol. The third-order valence-corrected chi connectivity index (χ3v) is 3.35. The van der Waals surface area contributed by atoms with Crippen LogP contribution in [0.2, 0.25) is 0 Å². The van der Waals surface area contributed by atoms with Gasteiger partial charge in [0.2, 0.25) is 0 Å². The molecule has 0 amide bonds. The van der Waals surface area contributed by atoms with Gasteiger partial charge in [-0.05, 0) is 29.8 Å².